The fourth-order valence-corrected chi connectivity index (χ4v) is 4.49. The van der Waals surface area contributed by atoms with E-state index in [-0.39, 0.29) is 5.56 Å². The van der Waals surface area contributed by atoms with Crippen molar-refractivity contribution in [2.45, 2.75) is 13.0 Å². The normalized spacial score (nSPS) is 11.2. The minimum atomic E-state index is -0.115. The summed E-state index contributed by atoms with van der Waals surface area (Å²) < 4.78 is 7.82. The molecule has 4 heterocycles. The first-order chi connectivity index (χ1) is 14.7. The average Bonchev–Trinajstić information content (AvgIpc) is 3.23. The van der Waals surface area contributed by atoms with Crippen LogP contribution in [0.25, 0.3) is 32.1 Å². The van der Waals surface area contributed by atoms with Gasteiger partial charge in [0.1, 0.15) is 5.75 Å². The Kier molecular flexibility index (Phi) is 4.72. The number of aryl methyl sites for hydroxylation is 2. The van der Waals surface area contributed by atoms with Crippen molar-refractivity contribution >= 4 is 32.3 Å². The number of hydrogen-bond acceptors (Lipinski definition) is 6. The highest BCUT2D eigenvalue weighted by atomic mass is 32.1. The summed E-state index contributed by atoms with van der Waals surface area (Å²) in [6.07, 6.45) is 5.78. The number of fused-ring (bicyclic) bond motifs is 2. The van der Waals surface area contributed by atoms with Gasteiger partial charge in [0, 0.05) is 46.4 Å². The van der Waals surface area contributed by atoms with E-state index < -0.39 is 0 Å². The van der Waals surface area contributed by atoms with Crippen LogP contribution in [0.15, 0.2) is 71.2 Å². The number of thiophene rings is 1. The molecule has 0 amide bonds. The molecular formula is C23H18N4O2S. The van der Waals surface area contributed by atoms with E-state index >= 15 is 0 Å². The van der Waals surface area contributed by atoms with Crippen LogP contribution in [0.2, 0.25) is 0 Å². The van der Waals surface area contributed by atoms with Crippen LogP contribution in [0, 0.1) is 0 Å². The Morgan fingerprint density at radius 2 is 1.97 bits per heavy atom. The lowest BCUT2D eigenvalue weighted by atomic mass is 10.1. The standard InChI is InChI=1S/C23H18N4O2S/c1-29-20-8-10-24-12-17(20)18-14-30-21-13-25-27(23(28)22(18)21)11-9-16-7-6-15-4-2-3-5-19(15)26-16/h2-8,10,12-14H,9,11H2,1H3. The molecule has 0 N–H and O–H groups in total. The number of ether oxygens (including phenoxy) is 1. The highest BCUT2D eigenvalue weighted by molar-refractivity contribution is 7.17. The third-order valence-electron chi connectivity index (χ3n) is 5.11. The Morgan fingerprint density at radius 3 is 2.87 bits per heavy atom. The van der Waals surface area contributed by atoms with E-state index in [4.69, 9.17) is 9.72 Å². The summed E-state index contributed by atoms with van der Waals surface area (Å²) in [5.41, 5.74) is 3.40. The molecule has 4 aromatic heterocycles. The van der Waals surface area contributed by atoms with Crippen molar-refractivity contribution < 1.29 is 4.74 Å². The van der Waals surface area contributed by atoms with E-state index in [9.17, 15) is 4.79 Å². The summed E-state index contributed by atoms with van der Waals surface area (Å²) in [7, 11) is 1.61. The second-order valence-corrected chi connectivity index (χ2v) is 7.79. The zero-order chi connectivity index (χ0) is 20.5. The zero-order valence-electron chi connectivity index (χ0n) is 16.3. The molecular weight excluding hydrogens is 396 g/mol. The molecule has 0 radical (unpaired) electrons. The maximum Gasteiger partial charge on any atom is 0.276 e. The third kappa shape index (κ3) is 3.23. The monoisotopic (exact) mass is 414 g/mol. The molecule has 0 bridgehead atoms. The number of rotatable bonds is 5. The minimum absolute atomic E-state index is 0.115. The fourth-order valence-electron chi connectivity index (χ4n) is 3.58. The van der Waals surface area contributed by atoms with Gasteiger partial charge in [-0.1, -0.05) is 24.3 Å². The summed E-state index contributed by atoms with van der Waals surface area (Å²) in [6.45, 7) is 0.458. The van der Waals surface area contributed by atoms with Crippen LogP contribution in [0.1, 0.15) is 5.69 Å². The molecule has 0 aliphatic rings. The first kappa shape index (κ1) is 18.4. The van der Waals surface area contributed by atoms with Gasteiger partial charge in [0.2, 0.25) is 0 Å². The van der Waals surface area contributed by atoms with Crippen LogP contribution in [0.5, 0.6) is 5.75 Å². The van der Waals surface area contributed by atoms with Crippen LogP contribution < -0.4 is 10.3 Å². The van der Waals surface area contributed by atoms with Gasteiger partial charge in [-0.15, -0.1) is 11.3 Å². The molecule has 5 rings (SSSR count). The lowest BCUT2D eigenvalue weighted by Gasteiger charge is -2.08. The molecule has 7 heteroatoms. The SMILES string of the molecule is COc1ccncc1-c1csc2cnn(CCc3ccc4ccccc4n3)c(=O)c12. The second-order valence-electron chi connectivity index (χ2n) is 6.88. The van der Waals surface area contributed by atoms with Gasteiger partial charge in [0.15, 0.2) is 0 Å². The van der Waals surface area contributed by atoms with E-state index in [1.807, 2.05) is 35.7 Å². The van der Waals surface area contributed by atoms with Crippen LogP contribution in [0.3, 0.4) is 0 Å². The highest BCUT2D eigenvalue weighted by Gasteiger charge is 2.16. The second kappa shape index (κ2) is 7.68. The third-order valence-corrected chi connectivity index (χ3v) is 6.03. The van der Waals surface area contributed by atoms with Crippen LogP contribution in [0.4, 0.5) is 0 Å². The first-order valence-corrected chi connectivity index (χ1v) is 10.4. The molecule has 6 nitrogen and oxygen atoms in total. The Hall–Kier alpha value is -3.58. The van der Waals surface area contributed by atoms with Crippen molar-refractivity contribution in [1.82, 2.24) is 19.7 Å². The molecule has 148 valence electrons. The summed E-state index contributed by atoms with van der Waals surface area (Å²) in [5.74, 6) is 0.688. The van der Waals surface area contributed by atoms with Crippen LogP contribution in [-0.2, 0) is 13.0 Å². The van der Waals surface area contributed by atoms with Gasteiger partial charge in [0.25, 0.3) is 5.56 Å². The number of nitrogens with zero attached hydrogens (tertiary/aromatic N) is 4. The summed E-state index contributed by atoms with van der Waals surface area (Å²) in [6, 6.07) is 13.9. The number of hydrogen-bond donors (Lipinski definition) is 0. The lowest BCUT2D eigenvalue weighted by molar-refractivity contribution is 0.416. The molecule has 0 fully saturated rings. The van der Waals surface area contributed by atoms with Crippen molar-refractivity contribution in [3.05, 3.63) is 82.5 Å². The van der Waals surface area contributed by atoms with E-state index in [1.165, 1.54) is 16.0 Å². The molecule has 0 atom stereocenters. The largest absolute Gasteiger partial charge is 0.496 e. The van der Waals surface area contributed by atoms with E-state index in [1.54, 1.807) is 31.8 Å². The number of aromatic nitrogens is 4. The van der Waals surface area contributed by atoms with Gasteiger partial charge in [-0.25, -0.2) is 4.68 Å². The Bertz CT molecular complexity index is 1420. The van der Waals surface area contributed by atoms with Gasteiger partial charge in [-0.3, -0.25) is 14.8 Å². The molecule has 1 aromatic carbocycles. The molecule has 0 unspecified atom stereocenters. The molecule has 0 saturated carbocycles. The Balaban J connectivity index is 1.51. The van der Waals surface area contributed by atoms with Gasteiger partial charge in [-0.2, -0.15) is 5.10 Å². The molecule has 0 saturated heterocycles. The lowest BCUT2D eigenvalue weighted by Crippen LogP contribution is -2.23. The number of pyridine rings is 2. The number of methoxy groups -OCH3 is 1. The Labute approximate surface area is 176 Å². The minimum Gasteiger partial charge on any atom is -0.496 e. The fraction of sp³-hybridized carbons (Fsp3) is 0.130. The predicted molar refractivity (Wildman–Crippen MR) is 119 cm³/mol. The summed E-state index contributed by atoms with van der Waals surface area (Å²) >= 11 is 1.50. The van der Waals surface area contributed by atoms with Crippen LogP contribution >= 0.6 is 11.3 Å². The van der Waals surface area contributed by atoms with Crippen molar-refractivity contribution in [2.75, 3.05) is 7.11 Å². The molecule has 30 heavy (non-hydrogen) atoms. The van der Waals surface area contributed by atoms with Crippen molar-refractivity contribution in [1.29, 1.82) is 0 Å². The Morgan fingerprint density at radius 1 is 1.07 bits per heavy atom. The quantitative estimate of drug-likeness (QED) is 0.428. The van der Waals surface area contributed by atoms with Gasteiger partial charge < -0.3 is 4.74 Å². The number of benzene rings is 1. The van der Waals surface area contributed by atoms with Crippen molar-refractivity contribution in [3.63, 3.8) is 0 Å². The molecule has 0 aliphatic heterocycles. The molecule has 0 aliphatic carbocycles. The first-order valence-electron chi connectivity index (χ1n) is 9.55. The van der Waals surface area contributed by atoms with E-state index in [0.717, 1.165) is 32.4 Å². The summed E-state index contributed by atoms with van der Waals surface area (Å²) in [4.78, 5) is 22.1. The maximum absolute atomic E-state index is 13.2. The van der Waals surface area contributed by atoms with Crippen LogP contribution in [-0.4, -0.2) is 26.9 Å². The topological polar surface area (TPSA) is 69.9 Å². The molecule has 0 spiro atoms. The van der Waals surface area contributed by atoms with Gasteiger partial charge in [0.05, 0.1) is 35.5 Å². The zero-order valence-corrected chi connectivity index (χ0v) is 17.1. The van der Waals surface area contributed by atoms with E-state index in [0.29, 0.717) is 24.1 Å². The summed E-state index contributed by atoms with van der Waals surface area (Å²) in [5, 5.41) is 8.08. The van der Waals surface area contributed by atoms with Crippen molar-refractivity contribution in [3.8, 4) is 16.9 Å². The van der Waals surface area contributed by atoms with Crippen molar-refractivity contribution in [2.24, 2.45) is 0 Å². The maximum atomic E-state index is 13.2. The highest BCUT2D eigenvalue weighted by Crippen LogP contribution is 2.36. The van der Waals surface area contributed by atoms with Gasteiger partial charge >= 0.3 is 0 Å². The predicted octanol–water partition coefficient (Wildman–Crippen LogP) is 4.32. The van der Waals surface area contributed by atoms with Gasteiger partial charge in [-0.05, 0) is 18.2 Å². The average molecular weight is 414 g/mol. The smallest absolute Gasteiger partial charge is 0.276 e. The number of para-hydroxylation sites is 1. The molecule has 5 aromatic rings. The van der Waals surface area contributed by atoms with E-state index in [2.05, 4.69) is 16.1 Å².